The second kappa shape index (κ2) is 10.1. The van der Waals surface area contributed by atoms with Crippen LogP contribution in [0, 0.1) is 0 Å². The largest absolute Gasteiger partial charge is 0.489 e. The van der Waals surface area contributed by atoms with Crippen molar-refractivity contribution in [1.29, 1.82) is 0 Å². The molecule has 0 heterocycles. The molecule has 2 rings (SSSR count). The lowest BCUT2D eigenvalue weighted by molar-refractivity contribution is -0.0884. The molecule has 0 aliphatic carbocycles. The zero-order chi connectivity index (χ0) is 22.4. The molecule has 0 saturated heterocycles. The Balaban J connectivity index is 2.14. The Morgan fingerprint density at radius 3 is 2.27 bits per heavy atom. The molecule has 2 N–H and O–H groups in total. The Labute approximate surface area is 184 Å². The molecule has 0 saturated carbocycles. The van der Waals surface area contributed by atoms with E-state index in [1.165, 1.54) is 6.07 Å². The summed E-state index contributed by atoms with van der Waals surface area (Å²) in [6.07, 6.45) is -6.29. The first-order valence-electron chi connectivity index (χ1n) is 8.13. The smallest absolute Gasteiger partial charge is 0.454 e. The van der Waals surface area contributed by atoms with Gasteiger partial charge < -0.3 is 9.47 Å². The molecule has 0 fully saturated rings. The van der Waals surface area contributed by atoms with Crippen molar-refractivity contribution < 1.29 is 32.2 Å². The van der Waals surface area contributed by atoms with Gasteiger partial charge in [0.05, 0.1) is 11.3 Å². The molecule has 2 aromatic rings. The van der Waals surface area contributed by atoms with E-state index >= 15 is 0 Å². The van der Waals surface area contributed by atoms with E-state index in [1.54, 1.807) is 30.3 Å². The lowest BCUT2D eigenvalue weighted by Gasteiger charge is -2.16. The number of rotatable bonds is 7. The van der Waals surface area contributed by atoms with Crippen LogP contribution in [0.3, 0.4) is 0 Å². The van der Waals surface area contributed by atoms with Gasteiger partial charge in [0.25, 0.3) is 5.78 Å². The minimum atomic E-state index is -5.15. The van der Waals surface area contributed by atoms with Gasteiger partial charge in [-0.05, 0) is 23.8 Å². The summed E-state index contributed by atoms with van der Waals surface area (Å²) in [4.78, 5) is 23.4. The lowest BCUT2D eigenvalue weighted by Crippen LogP contribution is -2.33. The Kier molecular flexibility index (Phi) is 8.05. The van der Waals surface area contributed by atoms with Gasteiger partial charge in [-0.2, -0.15) is 13.2 Å². The monoisotopic (exact) mass is 484 g/mol. The summed E-state index contributed by atoms with van der Waals surface area (Å²) in [5, 5.41) is 0. The molecule has 1 amide bonds. The Morgan fingerprint density at radius 1 is 1.00 bits per heavy atom. The molecule has 0 aliphatic heterocycles. The van der Waals surface area contributed by atoms with Crippen LogP contribution in [0.15, 0.2) is 48.5 Å². The maximum absolute atomic E-state index is 13.0. The Hall–Kier alpha value is -2.36. The molecule has 30 heavy (non-hydrogen) atoms. The number of amides is 1. The Bertz CT molecular complexity index is 890. The van der Waals surface area contributed by atoms with Crippen molar-refractivity contribution >= 4 is 52.4 Å². The van der Waals surface area contributed by atoms with Gasteiger partial charge >= 0.3 is 12.3 Å². The molecule has 2 aromatic carbocycles. The number of anilines is 1. The van der Waals surface area contributed by atoms with E-state index in [-0.39, 0.29) is 18.0 Å². The molecule has 0 aromatic heterocycles. The van der Waals surface area contributed by atoms with Gasteiger partial charge in [0.2, 0.25) is 3.79 Å². The van der Waals surface area contributed by atoms with Gasteiger partial charge in [-0.1, -0.05) is 65.1 Å². The highest BCUT2D eigenvalue weighted by Crippen LogP contribution is 2.30. The summed E-state index contributed by atoms with van der Waals surface area (Å²) in [6.45, 7) is -0.527. The summed E-state index contributed by atoms with van der Waals surface area (Å²) < 4.78 is 47.1. The number of Topliss-reactive ketones (excluding diaryl/α,β-unsaturated/α-hetero) is 1. The minimum Gasteiger partial charge on any atom is -0.489 e. The SMILES string of the molecule is O=C(NNc1ccc(OCc2ccccc2)cc1C(=O)C(F)(F)F)OCC(Cl)(Cl)Cl. The number of carbonyl (C=O) groups is 2. The summed E-state index contributed by atoms with van der Waals surface area (Å²) >= 11 is 16.3. The molecular formula is C18H14Cl3F3N2O4. The van der Waals surface area contributed by atoms with Gasteiger partial charge in [-0.25, -0.2) is 10.2 Å². The number of halogens is 6. The zero-order valence-corrected chi connectivity index (χ0v) is 17.2. The number of carbonyl (C=O) groups excluding carboxylic acids is 2. The van der Waals surface area contributed by atoms with Crippen molar-refractivity contribution in [3.63, 3.8) is 0 Å². The van der Waals surface area contributed by atoms with E-state index in [2.05, 4.69) is 10.2 Å². The molecule has 162 valence electrons. The Morgan fingerprint density at radius 2 is 1.67 bits per heavy atom. The quantitative estimate of drug-likeness (QED) is 0.311. The lowest BCUT2D eigenvalue weighted by atomic mass is 10.1. The van der Waals surface area contributed by atoms with E-state index < -0.39 is 34.0 Å². The number of hydrogen-bond acceptors (Lipinski definition) is 5. The molecule has 12 heteroatoms. The number of alkyl halides is 6. The molecule has 0 atom stereocenters. The number of ether oxygens (including phenoxy) is 2. The van der Waals surface area contributed by atoms with Crippen molar-refractivity contribution in [2.75, 3.05) is 12.0 Å². The fraction of sp³-hybridized carbons (Fsp3) is 0.222. The molecule has 0 radical (unpaired) electrons. The summed E-state index contributed by atoms with van der Waals surface area (Å²) in [6, 6.07) is 12.3. The predicted molar refractivity (Wildman–Crippen MR) is 106 cm³/mol. The topological polar surface area (TPSA) is 76.7 Å². The number of hydrazine groups is 1. The molecule has 0 aliphatic rings. The van der Waals surface area contributed by atoms with Crippen LogP contribution in [-0.2, 0) is 11.3 Å². The number of ketones is 1. The maximum atomic E-state index is 13.0. The minimum absolute atomic E-state index is 0.0239. The standard InChI is InChI=1S/C18H14Cl3F3N2O4/c19-17(20,21)10-30-16(28)26-25-14-7-6-12(8-13(14)15(27)18(22,23)24)29-9-11-4-2-1-3-5-11/h1-8,25H,9-10H2,(H,26,28). The van der Waals surface area contributed by atoms with Crippen LogP contribution in [0.5, 0.6) is 5.75 Å². The summed E-state index contributed by atoms with van der Waals surface area (Å²) in [5.41, 5.74) is 3.79. The van der Waals surface area contributed by atoms with Crippen LogP contribution in [0.25, 0.3) is 0 Å². The van der Waals surface area contributed by atoms with Crippen molar-refractivity contribution in [3.8, 4) is 5.75 Å². The van der Waals surface area contributed by atoms with E-state index in [9.17, 15) is 22.8 Å². The number of hydrogen-bond donors (Lipinski definition) is 2. The first-order chi connectivity index (χ1) is 14.0. The van der Waals surface area contributed by atoms with Crippen LogP contribution < -0.4 is 15.6 Å². The van der Waals surface area contributed by atoms with Gasteiger partial charge in [-0.3, -0.25) is 10.2 Å². The summed E-state index contributed by atoms with van der Waals surface area (Å²) in [5.74, 6) is -2.11. The van der Waals surface area contributed by atoms with Crippen molar-refractivity contribution in [3.05, 3.63) is 59.7 Å². The van der Waals surface area contributed by atoms with Crippen molar-refractivity contribution in [2.24, 2.45) is 0 Å². The van der Waals surface area contributed by atoms with Crippen LogP contribution in [-0.4, -0.2) is 28.5 Å². The highest BCUT2D eigenvalue weighted by atomic mass is 35.6. The second-order valence-corrected chi connectivity index (χ2v) is 8.27. The van der Waals surface area contributed by atoms with E-state index in [1.807, 2.05) is 5.43 Å². The van der Waals surface area contributed by atoms with E-state index in [0.717, 1.165) is 17.7 Å². The average Bonchev–Trinajstić information content (AvgIpc) is 2.68. The second-order valence-electron chi connectivity index (χ2n) is 5.75. The maximum Gasteiger partial charge on any atom is 0.454 e. The number of benzene rings is 2. The molecule has 0 bridgehead atoms. The molecular weight excluding hydrogens is 472 g/mol. The third-order valence-corrected chi connectivity index (χ3v) is 3.73. The fourth-order valence-electron chi connectivity index (χ4n) is 2.11. The third kappa shape index (κ3) is 7.81. The third-order valence-electron chi connectivity index (χ3n) is 3.41. The van der Waals surface area contributed by atoms with Gasteiger partial charge in [0.15, 0.2) is 0 Å². The first-order valence-corrected chi connectivity index (χ1v) is 9.27. The highest BCUT2D eigenvalue weighted by molar-refractivity contribution is 6.67. The van der Waals surface area contributed by atoms with E-state index in [4.69, 9.17) is 39.5 Å². The van der Waals surface area contributed by atoms with Crippen molar-refractivity contribution in [1.82, 2.24) is 5.43 Å². The zero-order valence-electron chi connectivity index (χ0n) is 14.9. The van der Waals surface area contributed by atoms with Crippen molar-refractivity contribution in [2.45, 2.75) is 16.6 Å². The molecule has 0 spiro atoms. The van der Waals surface area contributed by atoms with Gasteiger partial charge in [0.1, 0.15) is 19.0 Å². The summed E-state index contributed by atoms with van der Waals surface area (Å²) in [7, 11) is 0. The van der Waals surface area contributed by atoms with Gasteiger partial charge in [0, 0.05) is 0 Å². The number of nitrogens with one attached hydrogen (secondary N) is 2. The normalized spacial score (nSPS) is 11.5. The average molecular weight is 486 g/mol. The first kappa shape index (κ1) is 23.9. The van der Waals surface area contributed by atoms with Gasteiger partial charge in [-0.15, -0.1) is 0 Å². The molecule has 0 unspecified atom stereocenters. The van der Waals surface area contributed by atoms with E-state index in [0.29, 0.717) is 0 Å². The predicted octanol–water partition coefficient (Wildman–Crippen LogP) is 5.43. The van der Waals surface area contributed by atoms with Crippen LogP contribution in [0.2, 0.25) is 0 Å². The molecule has 6 nitrogen and oxygen atoms in total. The van der Waals surface area contributed by atoms with Crippen LogP contribution in [0.4, 0.5) is 23.7 Å². The van der Waals surface area contributed by atoms with Crippen LogP contribution >= 0.6 is 34.8 Å². The highest BCUT2D eigenvalue weighted by Gasteiger charge is 2.40. The van der Waals surface area contributed by atoms with Crippen LogP contribution in [0.1, 0.15) is 15.9 Å². The fourth-order valence-corrected chi connectivity index (χ4v) is 2.27.